The van der Waals surface area contributed by atoms with Gasteiger partial charge in [-0.15, -0.1) is 0 Å². The smallest absolute Gasteiger partial charge is 0.294 e. The molecule has 7 nitrogen and oxygen atoms in total. The van der Waals surface area contributed by atoms with E-state index in [9.17, 15) is 14.4 Å². The Labute approximate surface area is 244 Å². The number of hydrogen-bond donors (Lipinski definition) is 1. The monoisotopic (exact) mass is 712 g/mol. The van der Waals surface area contributed by atoms with Crippen LogP contribution in [-0.4, -0.2) is 35.6 Å². The van der Waals surface area contributed by atoms with Crippen LogP contribution in [0.5, 0.6) is 11.5 Å². The van der Waals surface area contributed by atoms with Crippen LogP contribution in [0, 0.1) is 3.57 Å². The zero-order valence-corrected chi connectivity index (χ0v) is 24.6. The van der Waals surface area contributed by atoms with Crippen LogP contribution in [0.2, 0.25) is 5.02 Å². The molecule has 1 saturated heterocycles. The molecule has 1 heterocycles. The summed E-state index contributed by atoms with van der Waals surface area (Å²) in [4.78, 5) is 38.9. The number of ether oxygens (including phenoxy) is 2. The van der Waals surface area contributed by atoms with Gasteiger partial charge in [0.2, 0.25) is 5.91 Å². The first kappa shape index (κ1) is 27.5. The predicted octanol–water partition coefficient (Wildman–Crippen LogP) is 6.97. The minimum atomic E-state index is -0.557. The van der Waals surface area contributed by atoms with E-state index in [1.165, 1.54) is 7.11 Å². The van der Waals surface area contributed by atoms with Gasteiger partial charge in [-0.05, 0) is 104 Å². The third kappa shape index (κ3) is 6.86. The Morgan fingerprint density at radius 2 is 1.89 bits per heavy atom. The lowest BCUT2D eigenvalue weighted by atomic mass is 10.1. The average molecular weight is 714 g/mol. The number of halogens is 3. The summed E-state index contributed by atoms with van der Waals surface area (Å²) >= 11 is 12.6. The van der Waals surface area contributed by atoms with Crippen LogP contribution in [0.1, 0.15) is 11.1 Å². The van der Waals surface area contributed by atoms with Crippen LogP contribution in [0.25, 0.3) is 6.08 Å². The van der Waals surface area contributed by atoms with Crippen molar-refractivity contribution in [3.63, 3.8) is 0 Å². The number of rotatable bonds is 8. The van der Waals surface area contributed by atoms with E-state index in [4.69, 9.17) is 21.1 Å². The van der Waals surface area contributed by atoms with Gasteiger partial charge in [-0.2, -0.15) is 0 Å². The summed E-state index contributed by atoms with van der Waals surface area (Å²) in [6, 6.07) is 18.2. The molecule has 0 radical (unpaired) electrons. The highest BCUT2D eigenvalue weighted by atomic mass is 127. The van der Waals surface area contributed by atoms with E-state index >= 15 is 0 Å². The molecular formula is C26H19BrClIN2O5S. The van der Waals surface area contributed by atoms with Crippen molar-refractivity contribution in [2.45, 2.75) is 6.61 Å². The lowest BCUT2D eigenvalue weighted by Gasteiger charge is -2.14. The maximum absolute atomic E-state index is 12.9. The van der Waals surface area contributed by atoms with Crippen molar-refractivity contribution in [1.82, 2.24) is 4.90 Å². The van der Waals surface area contributed by atoms with E-state index in [0.29, 0.717) is 38.9 Å². The molecule has 4 rings (SSSR count). The van der Waals surface area contributed by atoms with Gasteiger partial charge >= 0.3 is 0 Å². The largest absolute Gasteiger partial charge is 0.493 e. The molecule has 190 valence electrons. The molecule has 0 saturated carbocycles. The summed E-state index contributed by atoms with van der Waals surface area (Å²) in [7, 11) is 1.52. The van der Waals surface area contributed by atoms with Gasteiger partial charge in [0.05, 0.1) is 27.2 Å². The van der Waals surface area contributed by atoms with Crippen molar-refractivity contribution in [2.24, 2.45) is 0 Å². The van der Waals surface area contributed by atoms with Gasteiger partial charge in [0.25, 0.3) is 11.1 Å². The Kier molecular flexibility index (Phi) is 9.17. The zero-order chi connectivity index (χ0) is 26.5. The average Bonchev–Trinajstić information content (AvgIpc) is 3.12. The van der Waals surface area contributed by atoms with Gasteiger partial charge in [-0.1, -0.05) is 35.9 Å². The summed E-state index contributed by atoms with van der Waals surface area (Å²) in [6.07, 6.45) is 1.58. The first-order valence-corrected chi connectivity index (χ1v) is 13.9. The molecule has 0 atom stereocenters. The molecule has 1 fully saturated rings. The number of nitrogens with one attached hydrogen (secondary N) is 1. The number of methoxy groups -OCH3 is 1. The van der Waals surface area contributed by atoms with Gasteiger partial charge < -0.3 is 14.8 Å². The van der Waals surface area contributed by atoms with Crippen molar-refractivity contribution in [2.75, 3.05) is 19.0 Å². The van der Waals surface area contributed by atoms with Crippen molar-refractivity contribution in [1.29, 1.82) is 0 Å². The molecule has 0 spiro atoms. The number of thioether (sulfide) groups is 1. The highest BCUT2D eigenvalue weighted by Crippen LogP contribution is 2.39. The van der Waals surface area contributed by atoms with Crippen LogP contribution >= 0.6 is 61.9 Å². The summed E-state index contributed by atoms with van der Waals surface area (Å²) in [6.45, 7) is -0.0774. The molecular weight excluding hydrogens is 695 g/mol. The fraction of sp³-hybridized carbons (Fsp3) is 0.115. The lowest BCUT2D eigenvalue weighted by molar-refractivity contribution is -0.127. The number of anilines is 1. The molecule has 1 N–H and O–H groups in total. The number of hydrogen-bond acceptors (Lipinski definition) is 6. The Morgan fingerprint density at radius 1 is 1.16 bits per heavy atom. The second-order valence-electron chi connectivity index (χ2n) is 7.75. The summed E-state index contributed by atoms with van der Waals surface area (Å²) < 4.78 is 13.3. The molecule has 3 aromatic rings. The Bertz CT molecular complexity index is 1400. The highest BCUT2D eigenvalue weighted by molar-refractivity contribution is 14.1. The maximum atomic E-state index is 12.9. The lowest BCUT2D eigenvalue weighted by Crippen LogP contribution is -2.36. The summed E-state index contributed by atoms with van der Waals surface area (Å²) in [5.41, 5.74) is 2.03. The van der Waals surface area contributed by atoms with E-state index < -0.39 is 23.6 Å². The van der Waals surface area contributed by atoms with Gasteiger partial charge in [-0.25, -0.2) is 0 Å². The second kappa shape index (κ2) is 12.3. The molecule has 3 aromatic carbocycles. The number of amides is 3. The Morgan fingerprint density at radius 3 is 2.59 bits per heavy atom. The third-order valence-corrected chi connectivity index (χ3v) is 7.71. The van der Waals surface area contributed by atoms with Crippen molar-refractivity contribution in [3.8, 4) is 11.5 Å². The van der Waals surface area contributed by atoms with E-state index in [1.54, 1.807) is 42.5 Å². The first-order chi connectivity index (χ1) is 17.7. The van der Waals surface area contributed by atoms with E-state index in [0.717, 1.165) is 25.8 Å². The molecule has 0 aliphatic carbocycles. The normalized spacial score (nSPS) is 14.3. The van der Waals surface area contributed by atoms with E-state index in [-0.39, 0.29) is 4.91 Å². The standard InChI is InChI=1S/C26H19BrClIN2O5S/c1-35-21-11-16(10-18(27)24(21)36-14-15-6-8-17(29)9-7-15)12-22-25(33)31(26(34)37-22)13-23(32)30-20-5-3-2-4-19(20)28/h2-12H,13-14H2,1H3,(H,30,32)/b22-12+. The topological polar surface area (TPSA) is 84.9 Å². The van der Waals surface area contributed by atoms with Crippen LogP contribution in [-0.2, 0) is 16.2 Å². The fourth-order valence-electron chi connectivity index (χ4n) is 3.38. The predicted molar refractivity (Wildman–Crippen MR) is 157 cm³/mol. The molecule has 1 aliphatic heterocycles. The molecule has 37 heavy (non-hydrogen) atoms. The molecule has 3 amide bonds. The van der Waals surface area contributed by atoms with Crippen LogP contribution < -0.4 is 14.8 Å². The third-order valence-electron chi connectivity index (χ3n) is 5.17. The van der Waals surface area contributed by atoms with Crippen molar-refractivity contribution in [3.05, 3.63) is 89.8 Å². The molecule has 1 aliphatic rings. The minimum absolute atomic E-state index is 0.192. The quantitative estimate of drug-likeness (QED) is 0.201. The van der Waals surface area contributed by atoms with Crippen molar-refractivity contribution >= 4 is 90.7 Å². The Balaban J connectivity index is 1.47. The van der Waals surface area contributed by atoms with Crippen LogP contribution in [0.15, 0.2) is 70.0 Å². The van der Waals surface area contributed by atoms with Gasteiger partial charge in [0.15, 0.2) is 11.5 Å². The van der Waals surface area contributed by atoms with Gasteiger partial charge in [-0.3, -0.25) is 19.3 Å². The van der Waals surface area contributed by atoms with E-state index in [2.05, 4.69) is 43.8 Å². The van der Waals surface area contributed by atoms with Gasteiger partial charge in [0, 0.05) is 3.57 Å². The molecule has 0 unspecified atom stereocenters. The number of para-hydroxylation sites is 1. The number of carbonyl (C=O) groups is 3. The number of benzene rings is 3. The molecule has 0 aromatic heterocycles. The first-order valence-electron chi connectivity index (χ1n) is 10.8. The van der Waals surface area contributed by atoms with Gasteiger partial charge in [0.1, 0.15) is 13.2 Å². The van der Waals surface area contributed by atoms with E-state index in [1.807, 2.05) is 24.3 Å². The minimum Gasteiger partial charge on any atom is -0.493 e. The molecule has 11 heteroatoms. The zero-order valence-electron chi connectivity index (χ0n) is 19.3. The SMILES string of the molecule is COc1cc(/C=C2/SC(=O)N(CC(=O)Nc3ccccc3Cl)C2=O)cc(Br)c1OCc1ccc(I)cc1. The van der Waals surface area contributed by atoms with Crippen molar-refractivity contribution < 1.29 is 23.9 Å². The summed E-state index contributed by atoms with van der Waals surface area (Å²) in [5.74, 6) is -0.110. The number of imide groups is 1. The fourth-order valence-corrected chi connectivity index (χ4v) is 5.34. The maximum Gasteiger partial charge on any atom is 0.294 e. The highest BCUT2D eigenvalue weighted by Gasteiger charge is 2.36. The Hall–Kier alpha value is -2.54. The van der Waals surface area contributed by atoms with Crippen LogP contribution in [0.4, 0.5) is 10.5 Å². The number of carbonyl (C=O) groups excluding carboxylic acids is 3. The number of nitrogens with zero attached hydrogens (tertiary/aromatic N) is 1. The molecule has 0 bridgehead atoms. The second-order valence-corrected chi connectivity index (χ2v) is 11.2. The van der Waals surface area contributed by atoms with Crippen LogP contribution in [0.3, 0.4) is 0 Å². The summed E-state index contributed by atoms with van der Waals surface area (Å²) in [5, 5.41) is 2.44.